The third-order valence-electron chi connectivity index (χ3n) is 13.6. The van der Waals surface area contributed by atoms with Crippen LogP contribution in [-0.4, -0.2) is 32.4 Å². The Morgan fingerprint density at radius 1 is 0.338 bits per heavy atom. The van der Waals surface area contributed by atoms with Gasteiger partial charge in [0.1, 0.15) is 0 Å². The van der Waals surface area contributed by atoms with E-state index in [1.807, 2.05) is 47.5 Å². The molecule has 14 aromatic rings. The number of fused-ring (bicyclic) bond motifs is 12. The average Bonchev–Trinajstić information content (AvgIpc) is 4.13. The van der Waals surface area contributed by atoms with Crippen LogP contribution >= 0.6 is 22.7 Å². The molecule has 0 fully saturated rings. The number of hydrogen-bond acceptors (Lipinski definition) is 4. The minimum absolute atomic E-state index is 1.16. The molecule has 6 aromatic heterocycles. The number of benzene rings is 8. The Balaban J connectivity index is 1.04. The van der Waals surface area contributed by atoms with Gasteiger partial charge >= 0.3 is 387 Å². The Hall–Kier alpha value is -7.36. The first-order chi connectivity index (χ1) is 32.3. The molecule has 304 valence electrons. The number of para-hydroxylation sites is 2. The summed E-state index contributed by atoms with van der Waals surface area (Å²) in [6.45, 7) is 0. The Kier molecular flexibility index (Phi) is 8.17. The number of rotatable bonds is 6. The SMILES string of the molecule is c1cc[c]([Ge]([c]2ccccc2)([c]2cccc3c2sc2ccc(-n4c5ccccc5c5cnccc54)cc23)[c]2cccc3c2sc2ccc(-n4c5ccccc5c5cnccc54)cc23)cc1. The van der Waals surface area contributed by atoms with Gasteiger partial charge < -0.3 is 0 Å². The molecule has 0 atom stereocenters. The van der Waals surface area contributed by atoms with E-state index in [-0.39, 0.29) is 0 Å². The van der Waals surface area contributed by atoms with E-state index in [2.05, 4.69) is 213 Å². The fourth-order valence-electron chi connectivity index (χ4n) is 10.9. The Labute approximate surface area is 384 Å². The standard InChI is InChI=1S/C58H36GeN4S2/c1-3-13-37(14-4-1)59(38-15-5-2-6-16-38,49-21-11-19-43-45-33-39(25-27-55(45)64-57(43)49)62-51-23-9-7-17-41(51)47-35-60-31-29-53(47)62)50-22-12-20-44-46-34-40(26-28-56(46)65-58(44)50)63-52-24-10-8-18-42(52)48-36-61-32-30-54(48)63/h1-36H. The van der Waals surface area contributed by atoms with Crippen molar-refractivity contribution in [2.75, 3.05) is 0 Å². The molecule has 0 aliphatic heterocycles. The summed E-state index contributed by atoms with van der Waals surface area (Å²) < 4.78 is 15.9. The van der Waals surface area contributed by atoms with E-state index in [1.165, 1.54) is 102 Å². The average molecular weight is 926 g/mol. The maximum absolute atomic E-state index is 4.52. The third kappa shape index (κ3) is 5.30. The molecule has 0 amide bonds. The van der Waals surface area contributed by atoms with Crippen molar-refractivity contribution in [1.82, 2.24) is 19.1 Å². The van der Waals surface area contributed by atoms with Crippen LogP contribution in [0, 0.1) is 0 Å². The number of thiophene rings is 2. The number of aromatic nitrogens is 4. The van der Waals surface area contributed by atoms with Crippen LogP contribution in [0.3, 0.4) is 0 Å². The summed E-state index contributed by atoms with van der Waals surface area (Å²) in [5.74, 6) is 0. The normalized spacial score (nSPS) is 12.3. The molecule has 14 rings (SSSR count). The first-order valence-electron chi connectivity index (χ1n) is 22.0. The predicted molar refractivity (Wildman–Crippen MR) is 280 cm³/mol. The molecule has 0 bridgehead atoms. The van der Waals surface area contributed by atoms with Crippen LogP contribution in [0.1, 0.15) is 0 Å². The summed E-state index contributed by atoms with van der Waals surface area (Å²) >= 11 is 0.0285. The molecule has 0 saturated heterocycles. The molecular formula is C58H36GeN4S2. The summed E-state index contributed by atoms with van der Waals surface area (Å²) in [4.78, 5) is 9.03. The molecule has 8 aromatic carbocycles. The van der Waals surface area contributed by atoms with Crippen molar-refractivity contribution < 1.29 is 0 Å². The van der Waals surface area contributed by atoms with Crippen molar-refractivity contribution in [3.8, 4) is 11.4 Å². The molecule has 0 radical (unpaired) electrons. The Bertz CT molecular complexity index is 3820. The molecule has 0 N–H and O–H groups in total. The van der Waals surface area contributed by atoms with Crippen LogP contribution in [0.15, 0.2) is 219 Å². The van der Waals surface area contributed by atoms with E-state index in [4.69, 9.17) is 0 Å². The van der Waals surface area contributed by atoms with Gasteiger partial charge in [-0.1, -0.05) is 0 Å². The number of nitrogens with zero attached hydrogens (tertiary/aromatic N) is 4. The van der Waals surface area contributed by atoms with Gasteiger partial charge in [0.2, 0.25) is 0 Å². The summed E-state index contributed by atoms with van der Waals surface area (Å²) in [5.41, 5.74) is 7.02. The first kappa shape index (κ1) is 37.1. The van der Waals surface area contributed by atoms with E-state index < -0.39 is 13.3 Å². The zero-order valence-electron chi connectivity index (χ0n) is 34.9. The van der Waals surface area contributed by atoms with E-state index in [0.29, 0.717) is 0 Å². The molecule has 0 saturated carbocycles. The van der Waals surface area contributed by atoms with Crippen molar-refractivity contribution in [1.29, 1.82) is 0 Å². The van der Waals surface area contributed by atoms with Crippen molar-refractivity contribution >= 4 is 137 Å². The molecule has 0 aliphatic rings. The van der Waals surface area contributed by atoms with Crippen LogP contribution in [0.5, 0.6) is 0 Å². The van der Waals surface area contributed by atoms with Crippen LogP contribution in [0.25, 0.3) is 95.3 Å². The van der Waals surface area contributed by atoms with E-state index in [0.717, 1.165) is 11.4 Å². The van der Waals surface area contributed by atoms with Crippen LogP contribution in [-0.2, 0) is 0 Å². The second-order valence-corrected chi connectivity index (χ2v) is 26.8. The number of pyridine rings is 2. The number of hydrogen-bond donors (Lipinski definition) is 0. The summed E-state index contributed by atoms with van der Waals surface area (Å²) in [5, 5.41) is 9.96. The molecule has 0 unspecified atom stereocenters. The molecule has 4 nitrogen and oxygen atoms in total. The fraction of sp³-hybridized carbons (Fsp3) is 0. The quantitative estimate of drug-likeness (QED) is 0.156. The molecule has 7 heteroatoms. The van der Waals surface area contributed by atoms with Gasteiger partial charge in [0.05, 0.1) is 0 Å². The topological polar surface area (TPSA) is 35.6 Å². The molecule has 6 heterocycles. The molecule has 0 aliphatic carbocycles. The summed E-state index contributed by atoms with van der Waals surface area (Å²) in [6, 6.07) is 73.1. The van der Waals surface area contributed by atoms with Crippen molar-refractivity contribution in [3.05, 3.63) is 219 Å². The predicted octanol–water partition coefficient (Wildman–Crippen LogP) is 12.8. The van der Waals surface area contributed by atoms with Crippen molar-refractivity contribution in [3.63, 3.8) is 0 Å². The molecule has 0 spiro atoms. The summed E-state index contributed by atoms with van der Waals surface area (Å²) in [6.07, 6.45) is 7.80. The molecular weight excluding hydrogens is 889 g/mol. The van der Waals surface area contributed by atoms with Gasteiger partial charge in [-0.15, -0.1) is 0 Å². The van der Waals surface area contributed by atoms with Gasteiger partial charge in [-0.25, -0.2) is 0 Å². The maximum atomic E-state index is 4.52. The second-order valence-electron chi connectivity index (χ2n) is 16.9. The Morgan fingerprint density at radius 2 is 0.754 bits per heavy atom. The zero-order valence-corrected chi connectivity index (χ0v) is 38.6. The van der Waals surface area contributed by atoms with Gasteiger partial charge in [0.25, 0.3) is 0 Å². The Morgan fingerprint density at radius 3 is 1.23 bits per heavy atom. The fourth-order valence-corrected chi connectivity index (χ4v) is 25.6. The third-order valence-corrected chi connectivity index (χ3v) is 27.0. The van der Waals surface area contributed by atoms with Crippen LogP contribution in [0.2, 0.25) is 0 Å². The minimum atomic E-state index is -3.87. The van der Waals surface area contributed by atoms with Crippen molar-refractivity contribution in [2.24, 2.45) is 0 Å². The summed E-state index contributed by atoms with van der Waals surface area (Å²) in [7, 11) is 0. The van der Waals surface area contributed by atoms with Gasteiger partial charge in [0.15, 0.2) is 0 Å². The van der Waals surface area contributed by atoms with E-state index in [9.17, 15) is 0 Å². The second kappa shape index (κ2) is 14.3. The van der Waals surface area contributed by atoms with Crippen LogP contribution < -0.4 is 17.6 Å². The van der Waals surface area contributed by atoms with E-state index in [1.54, 1.807) is 0 Å². The van der Waals surface area contributed by atoms with Gasteiger partial charge in [-0.05, 0) is 0 Å². The van der Waals surface area contributed by atoms with Crippen LogP contribution in [0.4, 0.5) is 0 Å². The molecule has 65 heavy (non-hydrogen) atoms. The van der Waals surface area contributed by atoms with Gasteiger partial charge in [-0.2, -0.15) is 0 Å². The monoisotopic (exact) mass is 926 g/mol. The zero-order chi connectivity index (χ0) is 42.6. The van der Waals surface area contributed by atoms with Crippen molar-refractivity contribution in [2.45, 2.75) is 0 Å². The first-order valence-corrected chi connectivity index (χ1v) is 27.8. The van der Waals surface area contributed by atoms with E-state index >= 15 is 0 Å². The van der Waals surface area contributed by atoms with Gasteiger partial charge in [0, 0.05) is 0 Å². The van der Waals surface area contributed by atoms with Gasteiger partial charge in [-0.3, -0.25) is 0 Å².